The van der Waals surface area contributed by atoms with E-state index in [0.717, 1.165) is 16.7 Å². The highest BCUT2D eigenvalue weighted by atomic mass is 16.1. The molecule has 3 rings (SSSR count). The normalized spacial score (nSPS) is 11.7. The Bertz CT molecular complexity index is 983. The SMILES string of the molecule is Cc1ccc(C(NC(=O)/C=C/c2ccccc2C#N)c2ccccc2)cc1. The molecule has 0 heterocycles. The quantitative estimate of drug-likeness (QED) is 0.672. The second-order valence-corrected chi connectivity index (χ2v) is 6.30. The third-order valence-electron chi connectivity index (χ3n) is 4.33. The fourth-order valence-corrected chi connectivity index (χ4v) is 2.86. The van der Waals surface area contributed by atoms with E-state index in [0.29, 0.717) is 5.56 Å². The van der Waals surface area contributed by atoms with Crippen LogP contribution < -0.4 is 5.32 Å². The lowest BCUT2D eigenvalue weighted by atomic mass is 9.97. The molecule has 0 aliphatic carbocycles. The third-order valence-corrected chi connectivity index (χ3v) is 4.33. The van der Waals surface area contributed by atoms with Gasteiger partial charge in [-0.2, -0.15) is 5.26 Å². The molecule has 3 aromatic rings. The lowest BCUT2D eigenvalue weighted by Crippen LogP contribution is -2.27. The minimum atomic E-state index is -0.241. The van der Waals surface area contributed by atoms with Gasteiger partial charge in [0.15, 0.2) is 0 Å². The van der Waals surface area contributed by atoms with Crippen molar-refractivity contribution in [3.05, 3.63) is 113 Å². The molecule has 3 nitrogen and oxygen atoms in total. The van der Waals surface area contributed by atoms with E-state index < -0.39 is 0 Å². The molecule has 0 spiro atoms. The van der Waals surface area contributed by atoms with Gasteiger partial charge in [-0.15, -0.1) is 0 Å². The van der Waals surface area contributed by atoms with E-state index in [2.05, 4.69) is 11.4 Å². The number of benzene rings is 3. The average molecular weight is 352 g/mol. The summed E-state index contributed by atoms with van der Waals surface area (Å²) in [7, 11) is 0. The fourth-order valence-electron chi connectivity index (χ4n) is 2.86. The van der Waals surface area contributed by atoms with Gasteiger partial charge in [0.05, 0.1) is 17.7 Å². The minimum absolute atomic E-state index is 0.211. The Balaban J connectivity index is 1.84. The Labute approximate surface area is 159 Å². The molecule has 1 amide bonds. The molecule has 3 heteroatoms. The molecular formula is C24H20N2O. The first kappa shape index (κ1) is 18.2. The first-order valence-electron chi connectivity index (χ1n) is 8.76. The predicted octanol–water partition coefficient (Wildman–Crippen LogP) is 4.79. The summed E-state index contributed by atoms with van der Waals surface area (Å²) in [5, 5.41) is 12.2. The van der Waals surface area contributed by atoms with Crippen LogP contribution in [0.1, 0.15) is 33.9 Å². The molecule has 0 bridgehead atoms. The van der Waals surface area contributed by atoms with E-state index in [4.69, 9.17) is 5.26 Å². The summed E-state index contributed by atoms with van der Waals surface area (Å²) >= 11 is 0. The molecule has 0 aromatic heterocycles. The second kappa shape index (κ2) is 8.64. The van der Waals surface area contributed by atoms with Crippen molar-refractivity contribution in [1.29, 1.82) is 5.26 Å². The van der Waals surface area contributed by atoms with Crippen molar-refractivity contribution < 1.29 is 4.79 Å². The lowest BCUT2D eigenvalue weighted by Gasteiger charge is -2.19. The van der Waals surface area contributed by atoms with E-state index in [1.165, 1.54) is 11.6 Å². The second-order valence-electron chi connectivity index (χ2n) is 6.30. The largest absolute Gasteiger partial charge is 0.342 e. The number of rotatable bonds is 5. The zero-order valence-electron chi connectivity index (χ0n) is 15.1. The van der Waals surface area contributed by atoms with Gasteiger partial charge < -0.3 is 5.32 Å². The van der Waals surface area contributed by atoms with Gasteiger partial charge in [-0.1, -0.05) is 78.4 Å². The Kier molecular flexibility index (Phi) is 5.81. The number of carbonyl (C=O) groups excluding carboxylic acids is 1. The van der Waals surface area contributed by atoms with Crippen LogP contribution in [0.4, 0.5) is 0 Å². The van der Waals surface area contributed by atoms with Gasteiger partial charge in [-0.25, -0.2) is 0 Å². The average Bonchev–Trinajstić information content (AvgIpc) is 2.72. The Morgan fingerprint density at radius 3 is 2.26 bits per heavy atom. The topological polar surface area (TPSA) is 52.9 Å². The summed E-state index contributed by atoms with van der Waals surface area (Å²) in [6.45, 7) is 2.04. The van der Waals surface area contributed by atoms with Gasteiger partial charge in [0.2, 0.25) is 5.91 Å². The molecule has 1 N–H and O–H groups in total. The van der Waals surface area contributed by atoms with Crippen molar-refractivity contribution in [2.45, 2.75) is 13.0 Å². The summed E-state index contributed by atoms with van der Waals surface area (Å²) in [5.41, 5.74) is 4.47. The number of carbonyl (C=O) groups is 1. The van der Waals surface area contributed by atoms with Crippen LogP contribution >= 0.6 is 0 Å². The summed E-state index contributed by atoms with van der Waals surface area (Å²) in [4.78, 5) is 12.6. The van der Waals surface area contributed by atoms with Gasteiger partial charge in [-0.3, -0.25) is 4.79 Å². The highest BCUT2D eigenvalue weighted by molar-refractivity contribution is 5.92. The van der Waals surface area contributed by atoms with E-state index in [1.807, 2.05) is 73.7 Å². The number of hydrogen-bond acceptors (Lipinski definition) is 2. The molecule has 0 aliphatic heterocycles. The van der Waals surface area contributed by atoms with E-state index in [-0.39, 0.29) is 11.9 Å². The first-order chi connectivity index (χ1) is 13.2. The van der Waals surface area contributed by atoms with Crippen molar-refractivity contribution in [3.8, 4) is 6.07 Å². The Morgan fingerprint density at radius 1 is 0.926 bits per heavy atom. The van der Waals surface area contributed by atoms with E-state index in [9.17, 15) is 4.79 Å². The fraction of sp³-hybridized carbons (Fsp3) is 0.0833. The minimum Gasteiger partial charge on any atom is -0.342 e. The van der Waals surface area contributed by atoms with Crippen molar-refractivity contribution in [3.63, 3.8) is 0 Å². The van der Waals surface area contributed by atoms with E-state index >= 15 is 0 Å². The van der Waals surface area contributed by atoms with Crippen LogP contribution in [0.15, 0.2) is 84.9 Å². The summed E-state index contributed by atoms with van der Waals surface area (Å²) in [6, 6.07) is 27.1. The molecule has 1 atom stereocenters. The van der Waals surface area contributed by atoms with Crippen LogP contribution in [0, 0.1) is 18.3 Å². The van der Waals surface area contributed by atoms with E-state index in [1.54, 1.807) is 18.2 Å². The van der Waals surface area contributed by atoms with Crippen molar-refractivity contribution in [2.24, 2.45) is 0 Å². The standard InChI is InChI=1S/C24H20N2O/c1-18-11-13-21(14-12-18)24(20-8-3-2-4-9-20)26-23(27)16-15-19-7-5-6-10-22(19)17-25/h2-16,24H,1H3,(H,26,27)/b16-15+. The van der Waals surface area contributed by atoms with Crippen molar-refractivity contribution in [1.82, 2.24) is 5.32 Å². The molecule has 1 unspecified atom stereocenters. The number of amides is 1. The zero-order valence-corrected chi connectivity index (χ0v) is 15.1. The van der Waals surface area contributed by atoms with Gasteiger partial charge in [0.1, 0.15) is 0 Å². The zero-order chi connectivity index (χ0) is 19.1. The molecule has 0 saturated carbocycles. The molecule has 0 radical (unpaired) electrons. The number of aryl methyl sites for hydroxylation is 1. The predicted molar refractivity (Wildman–Crippen MR) is 108 cm³/mol. The van der Waals surface area contributed by atoms with Gasteiger partial charge >= 0.3 is 0 Å². The lowest BCUT2D eigenvalue weighted by molar-refractivity contribution is -0.116. The van der Waals surface area contributed by atoms with Crippen molar-refractivity contribution >= 4 is 12.0 Å². The van der Waals surface area contributed by atoms with Gasteiger partial charge in [0, 0.05) is 6.08 Å². The maximum atomic E-state index is 12.6. The third kappa shape index (κ3) is 4.71. The maximum Gasteiger partial charge on any atom is 0.244 e. The molecule has 27 heavy (non-hydrogen) atoms. The van der Waals surface area contributed by atoms with Crippen molar-refractivity contribution in [2.75, 3.05) is 0 Å². The highest BCUT2D eigenvalue weighted by Crippen LogP contribution is 2.22. The van der Waals surface area contributed by atoms with Crippen LogP contribution in [-0.4, -0.2) is 5.91 Å². The van der Waals surface area contributed by atoms with Crippen LogP contribution in [0.25, 0.3) is 6.08 Å². The summed E-state index contributed by atoms with van der Waals surface area (Å²) in [5.74, 6) is -0.211. The van der Waals surface area contributed by atoms with Gasteiger partial charge in [0.25, 0.3) is 0 Å². The number of nitrogens with zero attached hydrogens (tertiary/aromatic N) is 1. The van der Waals surface area contributed by atoms with Crippen LogP contribution in [-0.2, 0) is 4.79 Å². The molecule has 132 valence electrons. The Morgan fingerprint density at radius 2 is 1.56 bits per heavy atom. The van der Waals surface area contributed by atoms with Crippen LogP contribution in [0.3, 0.4) is 0 Å². The van der Waals surface area contributed by atoms with Gasteiger partial charge in [-0.05, 0) is 35.8 Å². The number of hydrogen-bond donors (Lipinski definition) is 1. The molecule has 0 aliphatic rings. The number of nitrogens with one attached hydrogen (secondary N) is 1. The van der Waals surface area contributed by atoms with Crippen LogP contribution in [0.2, 0.25) is 0 Å². The summed E-state index contributed by atoms with van der Waals surface area (Å²) in [6.07, 6.45) is 3.14. The smallest absolute Gasteiger partial charge is 0.244 e. The Hall–Kier alpha value is -3.64. The van der Waals surface area contributed by atoms with Crippen LogP contribution in [0.5, 0.6) is 0 Å². The first-order valence-corrected chi connectivity index (χ1v) is 8.76. The maximum absolute atomic E-state index is 12.6. The number of nitriles is 1. The molecular weight excluding hydrogens is 332 g/mol. The summed E-state index contributed by atoms with van der Waals surface area (Å²) < 4.78 is 0. The highest BCUT2D eigenvalue weighted by Gasteiger charge is 2.15. The monoisotopic (exact) mass is 352 g/mol. The molecule has 3 aromatic carbocycles. The molecule has 0 saturated heterocycles. The molecule has 0 fully saturated rings.